The molecule has 0 aromatic heterocycles. The zero-order chi connectivity index (χ0) is 15.2. The van der Waals surface area contributed by atoms with E-state index in [1.54, 1.807) is 36.4 Å². The van der Waals surface area contributed by atoms with Crippen LogP contribution in [0.5, 0.6) is 0 Å². The molecule has 0 bridgehead atoms. The molecule has 0 radical (unpaired) electrons. The van der Waals surface area contributed by atoms with Crippen LogP contribution in [0.15, 0.2) is 48.5 Å². The van der Waals surface area contributed by atoms with Crippen LogP contribution in [-0.2, 0) is 6.42 Å². The van der Waals surface area contributed by atoms with Crippen molar-refractivity contribution in [2.75, 3.05) is 12.3 Å². The number of nitrogens with two attached hydrogens (primary N) is 1. The summed E-state index contributed by atoms with van der Waals surface area (Å²) in [5.41, 5.74) is 7.78. The minimum Gasteiger partial charge on any atom is -0.478 e. The molecular weight excluding hydrogens is 268 g/mol. The average molecular weight is 284 g/mol. The zero-order valence-corrected chi connectivity index (χ0v) is 11.4. The predicted octanol–water partition coefficient (Wildman–Crippen LogP) is 1.94. The van der Waals surface area contributed by atoms with Gasteiger partial charge in [-0.25, -0.2) is 4.79 Å². The van der Waals surface area contributed by atoms with Crippen LogP contribution in [0.2, 0.25) is 0 Å². The lowest BCUT2D eigenvalue weighted by Gasteiger charge is -2.06. The summed E-state index contributed by atoms with van der Waals surface area (Å²) in [4.78, 5) is 22.8. The van der Waals surface area contributed by atoms with Crippen LogP contribution in [-0.4, -0.2) is 23.5 Å². The summed E-state index contributed by atoms with van der Waals surface area (Å²) >= 11 is 0. The van der Waals surface area contributed by atoms with Crippen molar-refractivity contribution in [2.24, 2.45) is 0 Å². The third-order valence-electron chi connectivity index (χ3n) is 3.02. The molecule has 21 heavy (non-hydrogen) atoms. The number of anilines is 1. The van der Waals surface area contributed by atoms with Gasteiger partial charge in [-0.2, -0.15) is 0 Å². The molecule has 0 aliphatic heterocycles. The van der Waals surface area contributed by atoms with Crippen LogP contribution in [0.1, 0.15) is 26.3 Å². The molecule has 0 spiro atoms. The first kappa shape index (κ1) is 14.6. The number of carbonyl (C=O) groups excluding carboxylic acids is 1. The summed E-state index contributed by atoms with van der Waals surface area (Å²) in [6, 6.07) is 13.4. The number of rotatable bonds is 5. The van der Waals surface area contributed by atoms with Gasteiger partial charge in [-0.3, -0.25) is 4.79 Å². The largest absolute Gasteiger partial charge is 0.478 e. The van der Waals surface area contributed by atoms with Gasteiger partial charge >= 0.3 is 5.97 Å². The maximum Gasteiger partial charge on any atom is 0.335 e. The van der Waals surface area contributed by atoms with Crippen molar-refractivity contribution < 1.29 is 14.7 Å². The summed E-state index contributed by atoms with van der Waals surface area (Å²) in [5, 5.41) is 11.7. The molecule has 5 nitrogen and oxygen atoms in total. The normalized spacial score (nSPS) is 10.1. The highest BCUT2D eigenvalue weighted by Gasteiger charge is 2.06. The molecular formula is C16H16N2O3. The number of carboxylic acids is 1. The van der Waals surface area contributed by atoms with E-state index in [0.29, 0.717) is 24.2 Å². The first-order chi connectivity index (χ1) is 10.1. The number of nitrogens with one attached hydrogen (secondary N) is 1. The Hall–Kier alpha value is -2.82. The molecule has 0 unspecified atom stereocenters. The van der Waals surface area contributed by atoms with Gasteiger partial charge in [0.15, 0.2) is 0 Å². The van der Waals surface area contributed by atoms with E-state index in [0.717, 1.165) is 5.56 Å². The molecule has 0 fully saturated rings. The lowest BCUT2D eigenvalue weighted by Crippen LogP contribution is -2.25. The Labute approximate surface area is 122 Å². The fourth-order valence-corrected chi connectivity index (χ4v) is 1.96. The minimum absolute atomic E-state index is 0.198. The van der Waals surface area contributed by atoms with E-state index in [4.69, 9.17) is 10.8 Å². The molecule has 0 aliphatic rings. The maximum absolute atomic E-state index is 11.9. The quantitative estimate of drug-likeness (QED) is 0.731. The van der Waals surface area contributed by atoms with Gasteiger partial charge in [0.1, 0.15) is 0 Å². The summed E-state index contributed by atoms with van der Waals surface area (Å²) in [7, 11) is 0. The minimum atomic E-state index is -0.958. The molecule has 2 aromatic carbocycles. The van der Waals surface area contributed by atoms with Gasteiger partial charge in [0, 0.05) is 17.8 Å². The van der Waals surface area contributed by atoms with E-state index in [1.807, 2.05) is 6.07 Å². The fraction of sp³-hybridized carbons (Fsp3) is 0.125. The molecule has 1 amide bonds. The van der Waals surface area contributed by atoms with Gasteiger partial charge in [-0.05, 0) is 42.3 Å². The maximum atomic E-state index is 11.9. The van der Waals surface area contributed by atoms with E-state index in [9.17, 15) is 9.59 Å². The Morgan fingerprint density at radius 3 is 2.48 bits per heavy atom. The van der Waals surface area contributed by atoms with Crippen molar-refractivity contribution in [1.29, 1.82) is 0 Å². The fourth-order valence-electron chi connectivity index (χ4n) is 1.96. The van der Waals surface area contributed by atoms with Crippen LogP contribution >= 0.6 is 0 Å². The SMILES string of the molecule is Nc1cccc(C(=O)NCCc2cccc(C(=O)O)c2)c1. The molecule has 0 saturated heterocycles. The Kier molecular flexibility index (Phi) is 4.56. The van der Waals surface area contributed by atoms with Crippen LogP contribution < -0.4 is 11.1 Å². The molecule has 0 saturated carbocycles. The monoisotopic (exact) mass is 284 g/mol. The molecule has 2 aromatic rings. The number of hydrogen-bond acceptors (Lipinski definition) is 3. The number of amides is 1. The van der Waals surface area contributed by atoms with Crippen LogP contribution in [0.25, 0.3) is 0 Å². The van der Waals surface area contributed by atoms with Gasteiger partial charge in [0.05, 0.1) is 5.56 Å². The Bertz CT molecular complexity index is 668. The highest BCUT2D eigenvalue weighted by molar-refractivity contribution is 5.95. The second-order valence-electron chi connectivity index (χ2n) is 4.64. The number of carbonyl (C=O) groups is 2. The number of carboxylic acid groups (broad SMARTS) is 1. The van der Waals surface area contributed by atoms with Gasteiger partial charge in [-0.1, -0.05) is 18.2 Å². The van der Waals surface area contributed by atoms with Gasteiger partial charge in [0.25, 0.3) is 5.91 Å². The van der Waals surface area contributed by atoms with Crippen LogP contribution in [0.3, 0.4) is 0 Å². The van der Waals surface area contributed by atoms with Gasteiger partial charge < -0.3 is 16.2 Å². The van der Waals surface area contributed by atoms with Gasteiger partial charge in [-0.15, -0.1) is 0 Å². The number of hydrogen-bond donors (Lipinski definition) is 3. The van der Waals surface area contributed by atoms with E-state index >= 15 is 0 Å². The number of benzene rings is 2. The molecule has 108 valence electrons. The van der Waals surface area contributed by atoms with Crippen molar-refractivity contribution in [3.8, 4) is 0 Å². The number of nitrogen functional groups attached to an aromatic ring is 1. The average Bonchev–Trinajstić information content (AvgIpc) is 2.47. The van der Waals surface area contributed by atoms with Gasteiger partial charge in [0.2, 0.25) is 0 Å². The lowest BCUT2D eigenvalue weighted by molar-refractivity contribution is 0.0696. The van der Waals surface area contributed by atoms with E-state index < -0.39 is 5.97 Å². The van der Waals surface area contributed by atoms with E-state index in [2.05, 4.69) is 5.32 Å². The molecule has 0 aliphatic carbocycles. The third-order valence-corrected chi connectivity index (χ3v) is 3.02. The van der Waals surface area contributed by atoms with Crippen molar-refractivity contribution in [3.63, 3.8) is 0 Å². The summed E-state index contributed by atoms with van der Waals surface area (Å²) in [6.07, 6.45) is 0.565. The van der Waals surface area contributed by atoms with Crippen molar-refractivity contribution >= 4 is 17.6 Å². The number of aromatic carboxylic acids is 1. The molecule has 0 heterocycles. The molecule has 2 rings (SSSR count). The highest BCUT2D eigenvalue weighted by Crippen LogP contribution is 2.07. The summed E-state index contributed by atoms with van der Waals surface area (Å²) in [5.74, 6) is -1.16. The van der Waals surface area contributed by atoms with Crippen molar-refractivity contribution in [2.45, 2.75) is 6.42 Å². The smallest absolute Gasteiger partial charge is 0.335 e. The third kappa shape index (κ3) is 4.07. The lowest BCUT2D eigenvalue weighted by atomic mass is 10.1. The highest BCUT2D eigenvalue weighted by atomic mass is 16.4. The second kappa shape index (κ2) is 6.56. The topological polar surface area (TPSA) is 92.4 Å². The molecule has 0 atom stereocenters. The van der Waals surface area contributed by atoms with Crippen LogP contribution in [0, 0.1) is 0 Å². The summed E-state index contributed by atoms with van der Waals surface area (Å²) in [6.45, 7) is 0.427. The Morgan fingerprint density at radius 2 is 1.76 bits per heavy atom. The zero-order valence-electron chi connectivity index (χ0n) is 11.4. The van der Waals surface area contributed by atoms with E-state index in [-0.39, 0.29) is 11.5 Å². The van der Waals surface area contributed by atoms with Crippen molar-refractivity contribution in [1.82, 2.24) is 5.32 Å². The van der Waals surface area contributed by atoms with Crippen LogP contribution in [0.4, 0.5) is 5.69 Å². The first-order valence-corrected chi connectivity index (χ1v) is 6.52. The first-order valence-electron chi connectivity index (χ1n) is 6.52. The van der Waals surface area contributed by atoms with Crippen molar-refractivity contribution in [3.05, 3.63) is 65.2 Å². The second-order valence-corrected chi connectivity index (χ2v) is 4.64. The standard InChI is InChI=1S/C16H16N2O3/c17-14-6-2-4-12(10-14)15(19)18-8-7-11-3-1-5-13(9-11)16(20)21/h1-6,9-10H,7-8,17H2,(H,18,19)(H,20,21). The van der Waals surface area contributed by atoms with E-state index in [1.165, 1.54) is 6.07 Å². The molecule has 5 heteroatoms. The Balaban J connectivity index is 1.91. The summed E-state index contributed by atoms with van der Waals surface area (Å²) < 4.78 is 0. The molecule has 4 N–H and O–H groups in total. The Morgan fingerprint density at radius 1 is 1.05 bits per heavy atom. The predicted molar refractivity (Wildman–Crippen MR) is 80.3 cm³/mol.